The van der Waals surface area contributed by atoms with E-state index >= 15 is 0 Å². The minimum absolute atomic E-state index is 0.0891. The van der Waals surface area contributed by atoms with E-state index in [1.807, 2.05) is 42.7 Å². The Morgan fingerprint density at radius 2 is 1.97 bits per heavy atom. The number of rotatable bonds is 8. The van der Waals surface area contributed by atoms with Gasteiger partial charge in [0.2, 0.25) is 0 Å². The van der Waals surface area contributed by atoms with Crippen molar-refractivity contribution >= 4 is 11.8 Å². The maximum absolute atomic E-state index is 12.9. The van der Waals surface area contributed by atoms with Gasteiger partial charge in [0.1, 0.15) is 11.4 Å². The fraction of sp³-hybridized carbons (Fsp3) is 0.500. The molecule has 2 heterocycles. The number of nitrogens with zero attached hydrogens (tertiary/aromatic N) is 3. The van der Waals surface area contributed by atoms with Crippen LogP contribution in [-0.4, -0.2) is 53.0 Å². The van der Waals surface area contributed by atoms with Crippen molar-refractivity contribution in [1.29, 1.82) is 0 Å². The normalized spacial score (nSPS) is 12.9. The highest BCUT2D eigenvalue weighted by Crippen LogP contribution is 2.22. The summed E-state index contributed by atoms with van der Waals surface area (Å²) in [5.41, 5.74) is 2.36. The summed E-state index contributed by atoms with van der Waals surface area (Å²) in [5.74, 6) is 0.831. The number of carbonyl (C=O) groups excluding carboxylic acids is 2. The van der Waals surface area contributed by atoms with Crippen LogP contribution in [0.25, 0.3) is 0 Å². The van der Waals surface area contributed by atoms with Gasteiger partial charge in [0.25, 0.3) is 11.8 Å². The zero-order chi connectivity index (χ0) is 20.8. The van der Waals surface area contributed by atoms with Crippen LogP contribution in [-0.2, 0) is 19.4 Å². The number of hydrogen-bond acceptors (Lipinski definition) is 4. The second kappa shape index (κ2) is 9.58. The average Bonchev–Trinajstić information content (AvgIpc) is 3.14. The van der Waals surface area contributed by atoms with Crippen molar-refractivity contribution in [1.82, 2.24) is 19.8 Å². The van der Waals surface area contributed by atoms with Gasteiger partial charge in [-0.3, -0.25) is 9.59 Å². The zero-order valence-corrected chi connectivity index (χ0v) is 17.5. The number of ether oxygens (including phenoxy) is 1. The third kappa shape index (κ3) is 4.44. The number of carbonyl (C=O) groups is 2. The van der Waals surface area contributed by atoms with Gasteiger partial charge in [0, 0.05) is 26.2 Å². The molecule has 1 aromatic carbocycles. The predicted molar refractivity (Wildman–Crippen MR) is 111 cm³/mol. The number of hydrogen-bond donors (Lipinski definition) is 1. The fourth-order valence-electron chi connectivity index (χ4n) is 3.85. The SMILES string of the molecule is CCN(CC)C(=O)c1nc(C(=O)NCCc2ccccc2OC)n2c1CCCC2. The van der Waals surface area contributed by atoms with Crippen molar-refractivity contribution in [3.05, 3.63) is 47.0 Å². The minimum atomic E-state index is -0.235. The minimum Gasteiger partial charge on any atom is -0.496 e. The molecule has 2 aromatic rings. The quantitative estimate of drug-likeness (QED) is 0.742. The molecule has 1 aliphatic rings. The van der Waals surface area contributed by atoms with Crippen LogP contribution in [0.4, 0.5) is 0 Å². The highest BCUT2D eigenvalue weighted by Gasteiger charge is 2.29. The summed E-state index contributed by atoms with van der Waals surface area (Å²) in [4.78, 5) is 32.0. The molecule has 0 atom stereocenters. The molecule has 0 saturated heterocycles. The van der Waals surface area contributed by atoms with Crippen molar-refractivity contribution in [2.45, 2.75) is 46.1 Å². The molecule has 0 fully saturated rings. The first kappa shape index (κ1) is 20.9. The largest absolute Gasteiger partial charge is 0.496 e. The molecule has 1 aliphatic heterocycles. The lowest BCUT2D eigenvalue weighted by atomic mass is 10.1. The highest BCUT2D eigenvalue weighted by atomic mass is 16.5. The van der Waals surface area contributed by atoms with Gasteiger partial charge in [-0.05, 0) is 51.2 Å². The molecule has 1 N–H and O–H groups in total. The van der Waals surface area contributed by atoms with Crippen LogP contribution in [0.15, 0.2) is 24.3 Å². The molecular weight excluding hydrogens is 368 g/mol. The number of methoxy groups -OCH3 is 1. The Morgan fingerprint density at radius 3 is 2.69 bits per heavy atom. The number of nitrogens with one attached hydrogen (secondary N) is 1. The van der Waals surface area contributed by atoms with E-state index in [2.05, 4.69) is 10.3 Å². The summed E-state index contributed by atoms with van der Waals surface area (Å²) in [6, 6.07) is 7.78. The molecule has 7 nitrogen and oxygen atoms in total. The fourth-order valence-corrected chi connectivity index (χ4v) is 3.85. The molecule has 0 saturated carbocycles. The first-order valence-electron chi connectivity index (χ1n) is 10.4. The van der Waals surface area contributed by atoms with Gasteiger partial charge >= 0.3 is 0 Å². The second-order valence-corrected chi connectivity index (χ2v) is 7.13. The second-order valence-electron chi connectivity index (χ2n) is 7.13. The first-order chi connectivity index (χ1) is 14.1. The lowest BCUT2D eigenvalue weighted by Crippen LogP contribution is -2.31. The number of fused-ring (bicyclic) bond motifs is 1. The van der Waals surface area contributed by atoms with Crippen molar-refractivity contribution < 1.29 is 14.3 Å². The van der Waals surface area contributed by atoms with Crippen LogP contribution in [0.5, 0.6) is 5.75 Å². The standard InChI is InChI=1S/C22H30N4O3/c1-4-25(5-2)22(28)19-17-11-8-9-15-26(17)20(24-19)21(27)23-14-13-16-10-6-7-12-18(16)29-3/h6-7,10,12H,4-5,8-9,11,13-15H2,1-3H3,(H,23,27). The summed E-state index contributed by atoms with van der Waals surface area (Å²) >= 11 is 0. The molecule has 0 spiro atoms. The van der Waals surface area contributed by atoms with E-state index in [0.29, 0.717) is 37.6 Å². The third-order valence-electron chi connectivity index (χ3n) is 5.45. The molecule has 0 aliphatic carbocycles. The van der Waals surface area contributed by atoms with E-state index in [1.54, 1.807) is 12.0 Å². The van der Waals surface area contributed by atoms with E-state index in [9.17, 15) is 9.59 Å². The summed E-state index contributed by atoms with van der Waals surface area (Å²) in [6.45, 7) is 6.36. The van der Waals surface area contributed by atoms with Gasteiger partial charge in [0.15, 0.2) is 5.82 Å². The van der Waals surface area contributed by atoms with E-state index in [1.165, 1.54) is 0 Å². The van der Waals surface area contributed by atoms with E-state index in [-0.39, 0.29) is 11.8 Å². The van der Waals surface area contributed by atoms with E-state index in [0.717, 1.165) is 42.8 Å². The molecule has 2 amide bonds. The van der Waals surface area contributed by atoms with E-state index in [4.69, 9.17) is 4.74 Å². The Hall–Kier alpha value is -2.83. The predicted octanol–water partition coefficient (Wildman–Crippen LogP) is 2.68. The molecule has 3 rings (SSSR count). The van der Waals surface area contributed by atoms with Crippen molar-refractivity contribution in [3.63, 3.8) is 0 Å². The van der Waals surface area contributed by atoms with Gasteiger partial charge in [-0.25, -0.2) is 4.98 Å². The van der Waals surface area contributed by atoms with Gasteiger partial charge in [-0.2, -0.15) is 0 Å². The number of para-hydroxylation sites is 1. The Morgan fingerprint density at radius 1 is 1.21 bits per heavy atom. The van der Waals surface area contributed by atoms with Crippen molar-refractivity contribution in [3.8, 4) is 5.75 Å². The van der Waals surface area contributed by atoms with Crippen LogP contribution < -0.4 is 10.1 Å². The van der Waals surface area contributed by atoms with E-state index < -0.39 is 0 Å². The van der Waals surface area contributed by atoms with Gasteiger partial charge in [0.05, 0.1) is 12.8 Å². The van der Waals surface area contributed by atoms with Gasteiger partial charge < -0.3 is 19.5 Å². The number of amides is 2. The van der Waals surface area contributed by atoms with Crippen LogP contribution >= 0.6 is 0 Å². The molecule has 0 radical (unpaired) electrons. The van der Waals surface area contributed by atoms with Crippen LogP contribution in [0.2, 0.25) is 0 Å². The summed E-state index contributed by atoms with van der Waals surface area (Å²) < 4.78 is 7.29. The maximum Gasteiger partial charge on any atom is 0.287 e. The number of imidazole rings is 1. The molecule has 1 aromatic heterocycles. The summed E-state index contributed by atoms with van der Waals surface area (Å²) in [5, 5.41) is 2.96. The molecule has 0 unspecified atom stereocenters. The highest BCUT2D eigenvalue weighted by molar-refractivity contribution is 5.97. The lowest BCUT2D eigenvalue weighted by Gasteiger charge is -2.20. The topological polar surface area (TPSA) is 76.5 Å². The van der Waals surface area contributed by atoms with Crippen LogP contribution in [0, 0.1) is 0 Å². The van der Waals surface area contributed by atoms with Gasteiger partial charge in [-0.15, -0.1) is 0 Å². The third-order valence-corrected chi connectivity index (χ3v) is 5.45. The molecule has 7 heteroatoms. The number of benzene rings is 1. The number of aromatic nitrogens is 2. The molecule has 0 bridgehead atoms. The summed E-state index contributed by atoms with van der Waals surface area (Å²) in [7, 11) is 1.64. The molecule has 156 valence electrons. The first-order valence-corrected chi connectivity index (χ1v) is 10.4. The maximum atomic E-state index is 12.9. The van der Waals surface area contributed by atoms with Gasteiger partial charge in [-0.1, -0.05) is 18.2 Å². The molecule has 29 heavy (non-hydrogen) atoms. The van der Waals surface area contributed by atoms with Crippen LogP contribution in [0.3, 0.4) is 0 Å². The Bertz CT molecular complexity index is 871. The van der Waals surface area contributed by atoms with Crippen molar-refractivity contribution in [2.75, 3.05) is 26.7 Å². The Balaban J connectivity index is 1.75. The Labute approximate surface area is 172 Å². The van der Waals surface area contributed by atoms with Crippen molar-refractivity contribution in [2.24, 2.45) is 0 Å². The average molecular weight is 399 g/mol. The van der Waals surface area contributed by atoms with Crippen LogP contribution in [0.1, 0.15) is 59.1 Å². The molecular formula is C22H30N4O3. The summed E-state index contributed by atoms with van der Waals surface area (Å²) in [6.07, 6.45) is 3.45. The smallest absolute Gasteiger partial charge is 0.287 e. The monoisotopic (exact) mass is 398 g/mol. The zero-order valence-electron chi connectivity index (χ0n) is 17.5. The lowest BCUT2D eigenvalue weighted by molar-refractivity contribution is 0.0766. The Kier molecular flexibility index (Phi) is 6.90.